The minimum absolute atomic E-state index is 0.0725. The van der Waals surface area contributed by atoms with Gasteiger partial charge >= 0.3 is 0 Å². The Balaban J connectivity index is 1.27. The van der Waals surface area contributed by atoms with E-state index in [0.29, 0.717) is 50.1 Å². The van der Waals surface area contributed by atoms with Crippen LogP contribution in [0.3, 0.4) is 0 Å². The Bertz CT molecular complexity index is 1180. The second-order valence-corrected chi connectivity index (χ2v) is 8.18. The zero-order valence-corrected chi connectivity index (χ0v) is 17.1. The Morgan fingerprint density at radius 3 is 2.65 bits per heavy atom. The average Bonchev–Trinajstić information content (AvgIpc) is 3.44. The van der Waals surface area contributed by atoms with E-state index in [2.05, 4.69) is 27.1 Å². The lowest BCUT2D eigenvalue weighted by Gasteiger charge is -2.38. The molecular weight excluding hydrogens is 392 g/mol. The Hall–Kier alpha value is -3.52. The van der Waals surface area contributed by atoms with Crippen LogP contribution in [0.1, 0.15) is 28.8 Å². The smallest absolute Gasteiger partial charge is 0.255 e. The molecule has 8 heteroatoms. The highest BCUT2D eigenvalue weighted by molar-refractivity contribution is 5.96. The normalized spacial score (nSPS) is 16.0. The highest BCUT2D eigenvalue weighted by Crippen LogP contribution is 2.25. The molecule has 1 saturated heterocycles. The molecule has 1 aliphatic heterocycles. The maximum atomic E-state index is 13.0. The summed E-state index contributed by atoms with van der Waals surface area (Å²) in [4.78, 5) is 27.8. The number of pyridine rings is 1. The molecule has 0 aliphatic carbocycles. The number of nitrogens with zero attached hydrogens (tertiary/aromatic N) is 6. The number of amides is 1. The second-order valence-electron chi connectivity index (χ2n) is 8.18. The minimum Gasteiger partial charge on any atom is -0.388 e. The fraction of sp³-hybridized carbons (Fsp3) is 0.304. The quantitative estimate of drug-likeness (QED) is 0.539. The van der Waals surface area contributed by atoms with Gasteiger partial charge in [0, 0.05) is 31.7 Å². The van der Waals surface area contributed by atoms with E-state index in [-0.39, 0.29) is 5.91 Å². The van der Waals surface area contributed by atoms with E-state index in [0.717, 1.165) is 5.65 Å². The highest BCUT2D eigenvalue weighted by Gasteiger charge is 2.34. The molecule has 1 aromatic carbocycles. The number of fused-ring (bicyclic) bond motifs is 1. The third kappa shape index (κ3) is 4.06. The van der Waals surface area contributed by atoms with Gasteiger partial charge in [-0.1, -0.05) is 30.3 Å². The van der Waals surface area contributed by atoms with Gasteiger partial charge < -0.3 is 19.1 Å². The van der Waals surface area contributed by atoms with Crippen molar-refractivity contribution in [3.63, 3.8) is 0 Å². The predicted molar refractivity (Wildman–Crippen MR) is 115 cm³/mol. The van der Waals surface area contributed by atoms with Crippen LogP contribution in [0.4, 0.5) is 0 Å². The number of carbonyl (C=O) groups is 1. The Labute approximate surface area is 179 Å². The molecule has 1 N–H and O–H groups in total. The van der Waals surface area contributed by atoms with Gasteiger partial charge in [-0.2, -0.15) is 0 Å². The number of rotatable bonds is 5. The zero-order chi connectivity index (χ0) is 21.3. The molecule has 31 heavy (non-hydrogen) atoms. The molecule has 1 amide bonds. The third-order valence-electron chi connectivity index (χ3n) is 5.92. The monoisotopic (exact) mass is 416 g/mol. The second kappa shape index (κ2) is 7.96. The molecule has 1 fully saturated rings. The standard InChI is InChI=1S/C23H24N6O2/c30-22(28-9-6-23(31,7-10-28)15-27-11-8-24-16-27)19-12-20-21(25-13-19)29(17-26-20)14-18-4-2-1-3-5-18/h1-5,8,11-13,16-17,31H,6-7,9-10,14-15H2. The van der Waals surface area contributed by atoms with Gasteiger partial charge in [0.05, 0.1) is 36.9 Å². The van der Waals surface area contributed by atoms with Crippen molar-refractivity contribution in [2.75, 3.05) is 13.1 Å². The van der Waals surface area contributed by atoms with Gasteiger partial charge in [0.1, 0.15) is 5.52 Å². The van der Waals surface area contributed by atoms with Crippen molar-refractivity contribution in [3.05, 3.63) is 78.8 Å². The Morgan fingerprint density at radius 1 is 1.10 bits per heavy atom. The lowest BCUT2D eigenvalue weighted by Crippen LogP contribution is -2.48. The van der Waals surface area contributed by atoms with Gasteiger partial charge in [-0.3, -0.25) is 4.79 Å². The maximum Gasteiger partial charge on any atom is 0.255 e. The molecule has 4 heterocycles. The first kappa shape index (κ1) is 19.4. The molecule has 0 spiro atoms. The number of piperidine rings is 1. The van der Waals surface area contributed by atoms with Gasteiger partial charge in [0.15, 0.2) is 5.65 Å². The summed E-state index contributed by atoms with van der Waals surface area (Å²) in [7, 11) is 0. The van der Waals surface area contributed by atoms with Crippen molar-refractivity contribution in [2.45, 2.75) is 31.5 Å². The molecule has 0 bridgehead atoms. The van der Waals surface area contributed by atoms with Gasteiger partial charge in [-0.15, -0.1) is 0 Å². The van der Waals surface area contributed by atoms with E-state index in [1.807, 2.05) is 33.5 Å². The van der Waals surface area contributed by atoms with Crippen molar-refractivity contribution in [3.8, 4) is 0 Å². The van der Waals surface area contributed by atoms with Gasteiger partial charge in [0.2, 0.25) is 0 Å². The highest BCUT2D eigenvalue weighted by atomic mass is 16.3. The third-order valence-corrected chi connectivity index (χ3v) is 5.92. The van der Waals surface area contributed by atoms with Crippen LogP contribution in [0.5, 0.6) is 0 Å². The maximum absolute atomic E-state index is 13.0. The van der Waals surface area contributed by atoms with Crippen LogP contribution in [0.25, 0.3) is 11.2 Å². The summed E-state index contributed by atoms with van der Waals surface area (Å²) in [5.41, 5.74) is 2.33. The molecular formula is C23H24N6O2. The minimum atomic E-state index is -0.824. The van der Waals surface area contributed by atoms with Crippen LogP contribution in [-0.2, 0) is 13.1 Å². The van der Waals surface area contributed by atoms with E-state index < -0.39 is 5.60 Å². The molecule has 4 aromatic rings. The van der Waals surface area contributed by atoms with Crippen molar-refractivity contribution in [1.82, 2.24) is 29.0 Å². The Morgan fingerprint density at radius 2 is 1.90 bits per heavy atom. The first-order chi connectivity index (χ1) is 15.1. The molecule has 8 nitrogen and oxygen atoms in total. The molecule has 3 aromatic heterocycles. The fourth-order valence-corrected chi connectivity index (χ4v) is 4.15. The number of benzene rings is 1. The zero-order valence-electron chi connectivity index (χ0n) is 17.1. The van der Waals surface area contributed by atoms with Crippen LogP contribution in [0.2, 0.25) is 0 Å². The Kier molecular flexibility index (Phi) is 4.99. The molecule has 5 rings (SSSR count). The summed E-state index contributed by atoms with van der Waals surface area (Å²) in [6.45, 7) is 2.18. The molecule has 0 atom stereocenters. The van der Waals surface area contributed by atoms with E-state index in [9.17, 15) is 9.90 Å². The number of likely N-dealkylation sites (tertiary alicyclic amines) is 1. The largest absolute Gasteiger partial charge is 0.388 e. The van der Waals surface area contributed by atoms with Crippen LogP contribution in [0.15, 0.2) is 67.6 Å². The van der Waals surface area contributed by atoms with Crippen LogP contribution in [0, 0.1) is 0 Å². The number of carbonyl (C=O) groups excluding carboxylic acids is 1. The lowest BCUT2D eigenvalue weighted by atomic mass is 9.91. The van der Waals surface area contributed by atoms with Gasteiger partial charge in [-0.05, 0) is 24.5 Å². The molecule has 158 valence electrons. The average molecular weight is 416 g/mol. The predicted octanol–water partition coefficient (Wildman–Crippen LogP) is 2.34. The summed E-state index contributed by atoms with van der Waals surface area (Å²) in [5.74, 6) is -0.0725. The number of hydrogen-bond donors (Lipinski definition) is 1. The van der Waals surface area contributed by atoms with E-state index in [1.165, 1.54) is 5.56 Å². The van der Waals surface area contributed by atoms with Crippen molar-refractivity contribution >= 4 is 17.1 Å². The van der Waals surface area contributed by atoms with Crippen LogP contribution >= 0.6 is 0 Å². The van der Waals surface area contributed by atoms with Gasteiger partial charge in [0.25, 0.3) is 5.91 Å². The summed E-state index contributed by atoms with van der Waals surface area (Å²) in [6, 6.07) is 11.9. The molecule has 0 unspecified atom stereocenters. The first-order valence-electron chi connectivity index (χ1n) is 10.4. The summed E-state index contributed by atoms with van der Waals surface area (Å²) in [5, 5.41) is 10.9. The molecule has 0 saturated carbocycles. The van der Waals surface area contributed by atoms with Crippen LogP contribution in [-0.4, -0.2) is 58.7 Å². The summed E-state index contributed by atoms with van der Waals surface area (Å²) in [6.07, 6.45) is 9.68. The molecule has 1 aliphatic rings. The van der Waals surface area contributed by atoms with E-state index in [4.69, 9.17) is 0 Å². The number of aromatic nitrogens is 5. The fourth-order valence-electron chi connectivity index (χ4n) is 4.15. The van der Waals surface area contributed by atoms with Crippen molar-refractivity contribution < 1.29 is 9.90 Å². The number of imidazole rings is 2. The summed E-state index contributed by atoms with van der Waals surface area (Å²) >= 11 is 0. The number of hydrogen-bond acceptors (Lipinski definition) is 5. The topological polar surface area (TPSA) is 89.1 Å². The SMILES string of the molecule is O=C(c1cnc2c(c1)ncn2Cc1ccccc1)N1CCC(O)(Cn2ccnc2)CC1. The summed E-state index contributed by atoms with van der Waals surface area (Å²) < 4.78 is 3.86. The van der Waals surface area contributed by atoms with E-state index >= 15 is 0 Å². The van der Waals surface area contributed by atoms with E-state index in [1.54, 1.807) is 36.0 Å². The molecule has 0 radical (unpaired) electrons. The number of aliphatic hydroxyl groups is 1. The first-order valence-corrected chi connectivity index (χ1v) is 10.4. The van der Waals surface area contributed by atoms with Gasteiger partial charge in [-0.25, -0.2) is 15.0 Å². The van der Waals surface area contributed by atoms with Crippen molar-refractivity contribution in [2.24, 2.45) is 0 Å². The van der Waals surface area contributed by atoms with Crippen LogP contribution < -0.4 is 0 Å². The lowest BCUT2D eigenvalue weighted by molar-refractivity contribution is -0.0292. The van der Waals surface area contributed by atoms with Crippen molar-refractivity contribution in [1.29, 1.82) is 0 Å².